The summed E-state index contributed by atoms with van der Waals surface area (Å²) in [6.45, 7) is 1.53. The maximum atomic E-state index is 11.2. The highest BCUT2D eigenvalue weighted by Gasteiger charge is 2.24. The topological polar surface area (TPSA) is 116 Å². The van der Waals surface area contributed by atoms with Crippen LogP contribution in [0.4, 0.5) is 0 Å². The van der Waals surface area contributed by atoms with Crippen molar-refractivity contribution in [3.05, 3.63) is 29.3 Å². The molecule has 1 amide bonds. The summed E-state index contributed by atoms with van der Waals surface area (Å²) in [5, 5.41) is 31.6. The molecule has 0 heterocycles. The lowest BCUT2D eigenvalue weighted by atomic mass is 9.96. The maximum Gasteiger partial charge on any atom is 0.336 e. The number of methoxy groups -OCH3 is 1. The van der Waals surface area contributed by atoms with Gasteiger partial charge in [0.2, 0.25) is 5.91 Å². The van der Waals surface area contributed by atoms with Gasteiger partial charge in [-0.25, -0.2) is 4.79 Å². The molecule has 2 atom stereocenters. The fraction of sp³-hybridized carbons (Fsp3) is 0.429. The Morgan fingerprint density at radius 3 is 2.52 bits per heavy atom. The Labute approximate surface area is 122 Å². The van der Waals surface area contributed by atoms with Gasteiger partial charge in [0.1, 0.15) is 11.9 Å². The average molecular weight is 297 g/mol. The van der Waals surface area contributed by atoms with Gasteiger partial charge in [-0.1, -0.05) is 6.07 Å². The summed E-state index contributed by atoms with van der Waals surface area (Å²) in [5.41, 5.74) is -0.0425. The number of carboxylic acid groups (broad SMARTS) is 1. The molecule has 0 radical (unpaired) electrons. The summed E-state index contributed by atoms with van der Waals surface area (Å²) < 4.78 is 4.94. The third-order valence-corrected chi connectivity index (χ3v) is 2.99. The van der Waals surface area contributed by atoms with Gasteiger partial charge in [0.05, 0.1) is 18.8 Å². The number of aliphatic hydroxyl groups is 2. The first-order valence-corrected chi connectivity index (χ1v) is 6.38. The van der Waals surface area contributed by atoms with Crippen molar-refractivity contribution in [3.8, 4) is 5.75 Å². The molecule has 116 valence electrons. The highest BCUT2D eigenvalue weighted by atomic mass is 16.5. The van der Waals surface area contributed by atoms with Gasteiger partial charge in [-0.2, -0.15) is 0 Å². The molecule has 1 aromatic rings. The van der Waals surface area contributed by atoms with Crippen molar-refractivity contribution in [2.45, 2.75) is 25.6 Å². The van der Waals surface area contributed by atoms with Gasteiger partial charge in [-0.05, 0) is 24.1 Å². The van der Waals surface area contributed by atoms with Crippen molar-refractivity contribution in [3.63, 3.8) is 0 Å². The van der Waals surface area contributed by atoms with Crippen molar-refractivity contribution >= 4 is 11.9 Å². The van der Waals surface area contributed by atoms with E-state index in [2.05, 4.69) is 5.32 Å². The Bertz CT molecular complexity index is 516. The van der Waals surface area contributed by atoms with Gasteiger partial charge in [-0.15, -0.1) is 0 Å². The number of carbonyl (C=O) groups is 2. The fourth-order valence-electron chi connectivity index (χ4n) is 1.87. The third kappa shape index (κ3) is 4.73. The molecule has 7 nitrogen and oxygen atoms in total. The quantitative estimate of drug-likeness (QED) is 0.576. The predicted molar refractivity (Wildman–Crippen MR) is 74.2 cm³/mol. The van der Waals surface area contributed by atoms with E-state index in [9.17, 15) is 19.8 Å². The minimum absolute atomic E-state index is 0.0959. The molecule has 0 bridgehead atoms. The van der Waals surface area contributed by atoms with Gasteiger partial charge in [0.15, 0.2) is 0 Å². The monoisotopic (exact) mass is 297 g/mol. The molecule has 1 rings (SSSR count). The SMILES string of the molecule is COc1ccc(C(O)C(O)CCNC(C)=O)c(C(=O)O)c1. The van der Waals surface area contributed by atoms with Crippen molar-refractivity contribution in [2.24, 2.45) is 0 Å². The highest BCUT2D eigenvalue weighted by molar-refractivity contribution is 5.90. The average Bonchev–Trinajstić information content (AvgIpc) is 2.45. The number of hydrogen-bond acceptors (Lipinski definition) is 5. The molecule has 0 saturated heterocycles. The van der Waals surface area contributed by atoms with E-state index in [0.29, 0.717) is 5.75 Å². The summed E-state index contributed by atoms with van der Waals surface area (Å²) in [4.78, 5) is 21.9. The summed E-state index contributed by atoms with van der Waals surface area (Å²) in [7, 11) is 1.40. The largest absolute Gasteiger partial charge is 0.497 e. The van der Waals surface area contributed by atoms with Crippen LogP contribution in [0.3, 0.4) is 0 Å². The Morgan fingerprint density at radius 2 is 2.00 bits per heavy atom. The normalized spacial score (nSPS) is 13.3. The van der Waals surface area contributed by atoms with Crippen molar-refractivity contribution in [1.29, 1.82) is 0 Å². The number of ether oxygens (including phenoxy) is 1. The lowest BCUT2D eigenvalue weighted by Crippen LogP contribution is -2.28. The molecule has 4 N–H and O–H groups in total. The number of hydrogen-bond donors (Lipinski definition) is 4. The molecule has 0 spiro atoms. The minimum Gasteiger partial charge on any atom is -0.497 e. The van der Waals surface area contributed by atoms with E-state index >= 15 is 0 Å². The van der Waals surface area contributed by atoms with Crippen LogP contribution in [-0.4, -0.2) is 47.0 Å². The summed E-state index contributed by atoms with van der Waals surface area (Å²) in [5.74, 6) is -1.12. The van der Waals surface area contributed by atoms with E-state index in [0.717, 1.165) is 0 Å². The van der Waals surface area contributed by atoms with E-state index < -0.39 is 18.2 Å². The second kappa shape index (κ2) is 7.61. The van der Waals surface area contributed by atoms with Crippen LogP contribution in [0.25, 0.3) is 0 Å². The lowest BCUT2D eigenvalue weighted by Gasteiger charge is -2.20. The van der Waals surface area contributed by atoms with Crippen LogP contribution in [0.1, 0.15) is 35.4 Å². The number of aromatic carboxylic acids is 1. The number of amides is 1. The first-order chi connectivity index (χ1) is 9.86. The molecule has 0 aliphatic rings. The zero-order valence-electron chi connectivity index (χ0n) is 11.9. The lowest BCUT2D eigenvalue weighted by molar-refractivity contribution is -0.119. The zero-order valence-corrected chi connectivity index (χ0v) is 11.9. The van der Waals surface area contributed by atoms with E-state index in [1.54, 1.807) is 0 Å². The Kier molecular flexibility index (Phi) is 6.13. The van der Waals surface area contributed by atoms with Crippen molar-refractivity contribution in [1.82, 2.24) is 5.32 Å². The van der Waals surface area contributed by atoms with Crippen LogP contribution in [0.15, 0.2) is 18.2 Å². The Hall–Kier alpha value is -2.12. The molecular weight excluding hydrogens is 278 g/mol. The minimum atomic E-state index is -1.37. The zero-order chi connectivity index (χ0) is 16.0. The van der Waals surface area contributed by atoms with E-state index in [1.165, 1.54) is 32.2 Å². The maximum absolute atomic E-state index is 11.2. The standard InChI is InChI=1S/C14H19NO6/c1-8(16)15-6-5-12(17)13(18)10-4-3-9(21-2)7-11(10)14(19)20/h3-4,7,12-13,17-18H,5-6H2,1-2H3,(H,15,16)(H,19,20). The van der Waals surface area contributed by atoms with Crippen molar-refractivity contribution < 1.29 is 29.6 Å². The molecule has 0 aliphatic carbocycles. The van der Waals surface area contributed by atoms with E-state index in [4.69, 9.17) is 9.84 Å². The summed E-state index contributed by atoms with van der Waals surface area (Å²) in [6.07, 6.45) is -2.45. The summed E-state index contributed by atoms with van der Waals surface area (Å²) >= 11 is 0. The van der Waals surface area contributed by atoms with Gasteiger partial charge >= 0.3 is 5.97 Å². The van der Waals surface area contributed by atoms with Crippen LogP contribution in [0.5, 0.6) is 5.75 Å². The third-order valence-electron chi connectivity index (χ3n) is 2.99. The number of carbonyl (C=O) groups excluding carboxylic acids is 1. The summed E-state index contributed by atoms with van der Waals surface area (Å²) in [6, 6.07) is 4.18. The van der Waals surface area contributed by atoms with Gasteiger partial charge in [0.25, 0.3) is 0 Å². The van der Waals surface area contributed by atoms with E-state index in [-0.39, 0.29) is 30.0 Å². The molecule has 21 heavy (non-hydrogen) atoms. The first-order valence-electron chi connectivity index (χ1n) is 6.38. The number of carboxylic acids is 1. The molecular formula is C14H19NO6. The molecule has 7 heteroatoms. The number of benzene rings is 1. The second-order valence-electron chi connectivity index (χ2n) is 4.54. The molecule has 0 saturated carbocycles. The number of nitrogens with one attached hydrogen (secondary N) is 1. The second-order valence-corrected chi connectivity index (χ2v) is 4.54. The van der Waals surface area contributed by atoms with E-state index in [1.807, 2.05) is 0 Å². The smallest absolute Gasteiger partial charge is 0.336 e. The molecule has 0 aliphatic heterocycles. The first kappa shape index (κ1) is 16.9. The van der Waals surface area contributed by atoms with Crippen molar-refractivity contribution in [2.75, 3.05) is 13.7 Å². The highest BCUT2D eigenvalue weighted by Crippen LogP contribution is 2.26. The Morgan fingerprint density at radius 1 is 1.33 bits per heavy atom. The Balaban J connectivity index is 2.87. The molecule has 2 unspecified atom stereocenters. The van der Waals surface area contributed by atoms with Gasteiger partial charge < -0.3 is 25.4 Å². The van der Waals surface area contributed by atoms with Crippen LogP contribution in [-0.2, 0) is 4.79 Å². The molecule has 1 aromatic carbocycles. The molecule has 0 fully saturated rings. The van der Waals surface area contributed by atoms with Gasteiger partial charge in [-0.3, -0.25) is 4.79 Å². The van der Waals surface area contributed by atoms with Crippen LogP contribution >= 0.6 is 0 Å². The van der Waals surface area contributed by atoms with Crippen LogP contribution in [0.2, 0.25) is 0 Å². The predicted octanol–water partition coefficient (Wildman–Crippen LogP) is 0.314. The fourth-order valence-corrected chi connectivity index (χ4v) is 1.87. The number of aliphatic hydroxyl groups excluding tert-OH is 2. The van der Waals surface area contributed by atoms with Crippen LogP contribution in [0, 0.1) is 0 Å². The van der Waals surface area contributed by atoms with Gasteiger partial charge in [0, 0.05) is 13.5 Å². The molecule has 0 aromatic heterocycles. The number of rotatable bonds is 7. The van der Waals surface area contributed by atoms with Crippen LogP contribution < -0.4 is 10.1 Å².